The molecule has 1 aromatic heterocycles. The van der Waals surface area contributed by atoms with Gasteiger partial charge in [0.15, 0.2) is 9.84 Å². The Hall–Kier alpha value is -2.52. The summed E-state index contributed by atoms with van der Waals surface area (Å²) in [5.41, 5.74) is 5.75. The van der Waals surface area contributed by atoms with Gasteiger partial charge in [0, 0.05) is 17.4 Å². The lowest BCUT2D eigenvalue weighted by molar-refractivity contribution is 0.102. The van der Waals surface area contributed by atoms with Crippen LogP contribution in [0, 0.1) is 12.7 Å². The largest absolute Gasteiger partial charge is 0.386 e. The fourth-order valence-corrected chi connectivity index (χ4v) is 7.73. The van der Waals surface area contributed by atoms with Crippen molar-refractivity contribution >= 4 is 38.9 Å². The monoisotopic (exact) mass is 478 g/mol. The molecular formula is C22H24ClFN4O3S. The molecule has 1 fully saturated rings. The quantitative estimate of drug-likeness (QED) is 0.697. The summed E-state index contributed by atoms with van der Waals surface area (Å²) in [5, 5.41) is 3.10. The number of hydrogen-bond acceptors (Lipinski definition) is 6. The summed E-state index contributed by atoms with van der Waals surface area (Å²) < 4.78 is 39.4. The number of halogens is 2. The normalized spacial score (nSPS) is 30.6. The Bertz CT molecular complexity index is 1300. The van der Waals surface area contributed by atoms with Crippen molar-refractivity contribution in [3.8, 4) is 0 Å². The molecule has 3 atom stereocenters. The van der Waals surface area contributed by atoms with Crippen LogP contribution in [0.2, 0.25) is 5.02 Å². The van der Waals surface area contributed by atoms with Gasteiger partial charge in [-0.3, -0.25) is 9.79 Å². The number of sulfone groups is 1. The summed E-state index contributed by atoms with van der Waals surface area (Å²) in [6, 6.07) is 5.61. The number of pyridine rings is 1. The van der Waals surface area contributed by atoms with Gasteiger partial charge in [-0.1, -0.05) is 11.6 Å². The van der Waals surface area contributed by atoms with Crippen LogP contribution in [0.3, 0.4) is 0 Å². The first-order valence-corrected chi connectivity index (χ1v) is 12.0. The van der Waals surface area contributed by atoms with E-state index in [9.17, 15) is 13.2 Å². The lowest BCUT2D eigenvalue weighted by Crippen LogP contribution is -2.61. The van der Waals surface area contributed by atoms with E-state index in [-0.39, 0.29) is 29.2 Å². The highest BCUT2D eigenvalue weighted by molar-refractivity contribution is 7.95. The number of nitrogens with zero attached hydrogens (tertiary/aromatic N) is 2. The van der Waals surface area contributed by atoms with Crippen LogP contribution in [0.1, 0.15) is 55.2 Å². The van der Waals surface area contributed by atoms with Gasteiger partial charge in [0.2, 0.25) is 0 Å². The van der Waals surface area contributed by atoms with Crippen LogP contribution in [-0.2, 0) is 15.4 Å². The van der Waals surface area contributed by atoms with Crippen LogP contribution in [0.5, 0.6) is 0 Å². The molecule has 2 aromatic rings. The van der Waals surface area contributed by atoms with Gasteiger partial charge < -0.3 is 11.1 Å². The van der Waals surface area contributed by atoms with Crippen molar-refractivity contribution in [3.63, 3.8) is 0 Å². The molecular weight excluding hydrogens is 455 g/mol. The number of carbonyl (C=O) groups excluding carboxylic acids is 1. The molecule has 3 heterocycles. The standard InChI is InChI=1S/C22H24ClFN4O3S/c1-12-9-13(23)11-26-17(12)18(29)27-14-5-6-16(24)15(10-14)22(4)21(3)8-7-20(2,19(25)28-22)32(21,30)31/h5-6,9-11H,7-8H2,1-4H3,(H2,25,28)(H,27,29)/t20?,21?,22-/m1/s1. The minimum atomic E-state index is -3.77. The van der Waals surface area contributed by atoms with E-state index >= 15 is 4.39 Å². The van der Waals surface area contributed by atoms with Gasteiger partial charge in [-0.05, 0) is 70.4 Å². The minimum absolute atomic E-state index is 0.0233. The van der Waals surface area contributed by atoms with E-state index in [0.29, 0.717) is 17.0 Å². The molecule has 170 valence electrons. The summed E-state index contributed by atoms with van der Waals surface area (Å²) in [6.07, 6.45) is 1.97. The van der Waals surface area contributed by atoms with Crippen LogP contribution in [-0.4, -0.2) is 34.6 Å². The van der Waals surface area contributed by atoms with Crippen LogP contribution >= 0.6 is 11.6 Å². The number of carbonyl (C=O) groups is 1. The smallest absolute Gasteiger partial charge is 0.274 e. The van der Waals surface area contributed by atoms with E-state index in [1.165, 1.54) is 24.4 Å². The molecule has 4 rings (SSSR count). The molecule has 2 aliphatic rings. The summed E-state index contributed by atoms with van der Waals surface area (Å²) >= 11 is 5.90. The fraction of sp³-hybridized carbons (Fsp3) is 0.409. The average Bonchev–Trinajstić information content (AvgIpc) is 2.85. The SMILES string of the molecule is Cc1cc(Cl)cnc1C(=O)Nc1ccc(F)c([C@@]2(C)N=C(N)C3(C)CCC2(C)S3(=O)=O)c1. The van der Waals surface area contributed by atoms with Gasteiger partial charge in [-0.2, -0.15) is 0 Å². The minimum Gasteiger partial charge on any atom is -0.386 e. The lowest BCUT2D eigenvalue weighted by Gasteiger charge is -2.46. The van der Waals surface area contributed by atoms with Crippen LogP contribution in [0.15, 0.2) is 35.5 Å². The van der Waals surface area contributed by atoms with E-state index in [0.717, 1.165) is 0 Å². The van der Waals surface area contributed by atoms with E-state index in [1.54, 1.807) is 33.8 Å². The van der Waals surface area contributed by atoms with E-state index in [2.05, 4.69) is 15.3 Å². The maximum Gasteiger partial charge on any atom is 0.274 e. The number of nitrogens with one attached hydrogen (secondary N) is 1. The fourth-order valence-electron chi connectivity index (χ4n) is 4.78. The molecule has 1 amide bonds. The van der Waals surface area contributed by atoms with Gasteiger partial charge in [-0.25, -0.2) is 17.8 Å². The van der Waals surface area contributed by atoms with Gasteiger partial charge in [-0.15, -0.1) is 0 Å². The van der Waals surface area contributed by atoms with E-state index in [4.69, 9.17) is 17.3 Å². The molecule has 0 spiro atoms. The number of rotatable bonds is 3. The lowest BCUT2D eigenvalue weighted by atomic mass is 9.78. The second kappa shape index (κ2) is 6.99. The number of hydrogen-bond donors (Lipinski definition) is 2. The molecule has 32 heavy (non-hydrogen) atoms. The van der Waals surface area contributed by atoms with Gasteiger partial charge in [0.25, 0.3) is 5.91 Å². The van der Waals surface area contributed by atoms with Crippen LogP contribution < -0.4 is 11.1 Å². The molecule has 0 aliphatic carbocycles. The Morgan fingerprint density at radius 3 is 2.56 bits per heavy atom. The zero-order valence-corrected chi connectivity index (χ0v) is 19.7. The number of aliphatic imine (C=N–C) groups is 1. The maximum absolute atomic E-state index is 15.1. The van der Waals surface area contributed by atoms with Crippen LogP contribution in [0.25, 0.3) is 0 Å². The number of amides is 1. The molecule has 2 unspecified atom stereocenters. The summed E-state index contributed by atoms with van der Waals surface area (Å²) in [6.45, 7) is 6.44. The highest BCUT2D eigenvalue weighted by Gasteiger charge is 2.70. The second-order valence-electron chi connectivity index (χ2n) is 9.00. The third kappa shape index (κ3) is 2.83. The summed E-state index contributed by atoms with van der Waals surface area (Å²) in [4.78, 5) is 21.3. The molecule has 2 bridgehead atoms. The molecule has 3 N–H and O–H groups in total. The van der Waals surface area contributed by atoms with E-state index < -0.39 is 36.6 Å². The number of nitrogens with two attached hydrogens (primary N) is 1. The van der Waals surface area contributed by atoms with Crippen molar-refractivity contribution in [1.29, 1.82) is 0 Å². The molecule has 1 saturated heterocycles. The van der Waals surface area contributed by atoms with Crippen LogP contribution in [0.4, 0.5) is 10.1 Å². The number of fused-ring (bicyclic) bond motifs is 2. The number of amidine groups is 1. The first kappa shape index (κ1) is 22.7. The first-order valence-electron chi connectivity index (χ1n) is 10.1. The van der Waals surface area contributed by atoms with Gasteiger partial charge in [0.1, 0.15) is 27.6 Å². The van der Waals surface area contributed by atoms with Crippen molar-refractivity contribution in [3.05, 3.63) is 58.1 Å². The Morgan fingerprint density at radius 2 is 1.91 bits per heavy atom. The zero-order chi connectivity index (χ0) is 23.7. The number of aryl methyl sites for hydroxylation is 1. The van der Waals surface area contributed by atoms with Crippen molar-refractivity contribution in [1.82, 2.24) is 4.98 Å². The number of aromatic nitrogens is 1. The maximum atomic E-state index is 15.1. The highest BCUT2D eigenvalue weighted by atomic mass is 35.5. The third-order valence-electron chi connectivity index (χ3n) is 7.19. The molecule has 10 heteroatoms. The second-order valence-corrected chi connectivity index (χ2v) is 12.2. The Labute approximate surface area is 191 Å². The topological polar surface area (TPSA) is 115 Å². The van der Waals surface area contributed by atoms with Crippen molar-refractivity contribution < 1.29 is 17.6 Å². The van der Waals surface area contributed by atoms with Crippen molar-refractivity contribution in [2.75, 3.05) is 5.32 Å². The predicted octanol–water partition coefficient (Wildman–Crippen LogP) is 3.75. The molecule has 1 aromatic carbocycles. The summed E-state index contributed by atoms with van der Waals surface area (Å²) in [7, 11) is -3.77. The third-order valence-corrected chi connectivity index (χ3v) is 10.8. The summed E-state index contributed by atoms with van der Waals surface area (Å²) in [5.74, 6) is -1.15. The number of benzene rings is 1. The first-order chi connectivity index (χ1) is 14.8. The highest BCUT2D eigenvalue weighted by Crippen LogP contribution is 2.58. The average molecular weight is 479 g/mol. The van der Waals surface area contributed by atoms with E-state index in [1.807, 2.05) is 0 Å². The Morgan fingerprint density at radius 1 is 1.22 bits per heavy atom. The van der Waals surface area contributed by atoms with Crippen molar-refractivity contribution in [2.45, 2.75) is 55.6 Å². The zero-order valence-electron chi connectivity index (χ0n) is 18.2. The molecule has 7 nitrogen and oxygen atoms in total. The molecule has 2 aliphatic heterocycles. The van der Waals surface area contributed by atoms with Gasteiger partial charge >= 0.3 is 0 Å². The van der Waals surface area contributed by atoms with Crippen molar-refractivity contribution in [2.24, 2.45) is 10.7 Å². The molecule has 0 radical (unpaired) electrons. The Kier molecular flexibility index (Phi) is 4.95. The number of anilines is 1. The Balaban J connectivity index is 1.79. The van der Waals surface area contributed by atoms with Gasteiger partial charge in [0.05, 0.1) is 9.77 Å². The molecule has 0 saturated carbocycles. The predicted molar refractivity (Wildman–Crippen MR) is 122 cm³/mol.